The van der Waals surface area contributed by atoms with Gasteiger partial charge in [0.1, 0.15) is 0 Å². The van der Waals surface area contributed by atoms with Gasteiger partial charge < -0.3 is 0 Å². The fourth-order valence-corrected chi connectivity index (χ4v) is 11.4. The maximum atomic E-state index is 15.7. The Kier molecular flexibility index (Phi) is 3.72. The molecule has 0 spiro atoms. The first-order valence-corrected chi connectivity index (χ1v) is 16.8. The van der Waals surface area contributed by atoms with Crippen LogP contribution in [0.5, 0.6) is 0 Å². The molecule has 7 aliphatic rings. The van der Waals surface area contributed by atoms with Crippen molar-refractivity contribution >= 4 is 27.7 Å². The molecule has 1 heteroatoms. The van der Waals surface area contributed by atoms with E-state index in [0.717, 1.165) is 12.8 Å². The summed E-state index contributed by atoms with van der Waals surface area (Å²) < 4.78 is 0. The Bertz CT molecular complexity index is 2450. The summed E-state index contributed by atoms with van der Waals surface area (Å²) in [6, 6.07) is 41.0. The van der Waals surface area contributed by atoms with Gasteiger partial charge >= 0.3 is 0 Å². The zero-order chi connectivity index (χ0) is 29.6. The van der Waals surface area contributed by atoms with E-state index >= 15 is 4.79 Å². The van der Waals surface area contributed by atoms with E-state index in [1.54, 1.807) is 0 Å². The van der Waals surface area contributed by atoms with E-state index in [0.29, 0.717) is 5.78 Å². The summed E-state index contributed by atoms with van der Waals surface area (Å²) in [6.45, 7) is 0. The molecule has 0 radical (unpaired) electrons. The van der Waals surface area contributed by atoms with Crippen LogP contribution in [0.2, 0.25) is 0 Å². The van der Waals surface area contributed by atoms with Crippen LogP contribution in [0.4, 0.5) is 0 Å². The number of ketones is 1. The number of hydrogen-bond donors (Lipinski definition) is 0. The molecule has 212 valence electrons. The lowest BCUT2D eigenvalue weighted by atomic mass is 9.58. The van der Waals surface area contributed by atoms with Crippen LogP contribution in [-0.2, 0) is 17.6 Å². The van der Waals surface area contributed by atoms with E-state index in [2.05, 4.69) is 109 Å². The Hall–Kier alpha value is -5.27. The summed E-state index contributed by atoms with van der Waals surface area (Å²) in [5.74, 6) is 0.400. The van der Waals surface area contributed by atoms with Crippen molar-refractivity contribution in [1.82, 2.24) is 0 Å². The highest BCUT2D eigenvalue weighted by Gasteiger charge is 2.55. The molecule has 0 heterocycles. The Morgan fingerprint density at radius 1 is 0.435 bits per heavy atom. The first-order chi connectivity index (χ1) is 22.8. The molecule has 0 aromatic heterocycles. The molecule has 0 bridgehead atoms. The smallest absolute Gasteiger partial charge is 0.155 e. The van der Waals surface area contributed by atoms with Crippen molar-refractivity contribution in [3.8, 4) is 22.3 Å². The van der Waals surface area contributed by atoms with E-state index in [4.69, 9.17) is 0 Å². The van der Waals surface area contributed by atoms with Crippen LogP contribution in [0.3, 0.4) is 0 Å². The lowest BCUT2D eigenvalue weighted by molar-refractivity contribution is -0.120. The second-order valence-electron chi connectivity index (χ2n) is 14.5. The Morgan fingerprint density at radius 2 is 0.870 bits per heavy atom. The summed E-state index contributed by atoms with van der Waals surface area (Å²) in [6.07, 6.45) is 1.75. The van der Waals surface area contributed by atoms with Gasteiger partial charge in [-0.3, -0.25) is 4.79 Å². The van der Waals surface area contributed by atoms with E-state index in [1.807, 2.05) is 0 Å². The van der Waals surface area contributed by atoms with Crippen molar-refractivity contribution in [1.29, 1.82) is 0 Å². The lowest BCUT2D eigenvalue weighted by Gasteiger charge is -2.42. The predicted octanol–water partition coefficient (Wildman–Crippen LogP) is 9.86. The fourth-order valence-electron chi connectivity index (χ4n) is 11.4. The maximum absolute atomic E-state index is 15.7. The second-order valence-corrected chi connectivity index (χ2v) is 14.5. The van der Waals surface area contributed by atoms with Gasteiger partial charge in [-0.15, -0.1) is 0 Å². The van der Waals surface area contributed by atoms with Gasteiger partial charge in [0, 0.05) is 11.8 Å². The molecule has 7 aliphatic carbocycles. The number of benzene rings is 6. The van der Waals surface area contributed by atoms with Crippen molar-refractivity contribution in [2.24, 2.45) is 0 Å². The van der Waals surface area contributed by atoms with Crippen molar-refractivity contribution in [3.05, 3.63) is 176 Å². The van der Waals surface area contributed by atoms with Gasteiger partial charge in [-0.25, -0.2) is 0 Å². The third-order valence-electron chi connectivity index (χ3n) is 12.8. The maximum Gasteiger partial charge on any atom is 0.155 e. The number of carbonyl (C=O) groups is 1. The van der Waals surface area contributed by atoms with Crippen LogP contribution in [0.1, 0.15) is 79.3 Å². The molecule has 6 aromatic rings. The first kappa shape index (κ1) is 23.1. The molecule has 0 saturated heterocycles. The number of Topliss-reactive ketones (excluding diaryl/α,β-unsaturated/α-hetero) is 1. The summed E-state index contributed by atoms with van der Waals surface area (Å²) in [4.78, 5) is 15.7. The monoisotopic (exact) mass is 582 g/mol. The lowest BCUT2D eigenvalue weighted by Crippen LogP contribution is -2.34. The number of hydrogen-bond acceptors (Lipinski definition) is 1. The molecule has 0 fully saturated rings. The molecule has 0 aliphatic heterocycles. The van der Waals surface area contributed by atoms with Gasteiger partial charge in [-0.1, -0.05) is 97.1 Å². The normalized spacial score (nSPS) is 23.8. The molecule has 46 heavy (non-hydrogen) atoms. The molecule has 6 aromatic carbocycles. The third-order valence-corrected chi connectivity index (χ3v) is 12.8. The van der Waals surface area contributed by atoms with Crippen LogP contribution >= 0.6 is 0 Å². The highest BCUT2D eigenvalue weighted by atomic mass is 16.1. The standard InChI is InChI=1S/C45H26O/c46-45-41-32-17-21-9-1-3-11-24(21)35(32)37-28-15-7-5-13-26(28)30-19-23-20-31-27-14-6-8-16-29(27)38-36-25-12-4-2-10-22(25)18-33(36)42(45)44(40(31)38)34(23)43(41)39(30)37/h1-16,19-20,37-38,41-42H,17-18H2. The van der Waals surface area contributed by atoms with Crippen LogP contribution in [0, 0.1) is 0 Å². The average Bonchev–Trinajstić information content (AvgIpc) is 3.84. The molecular formula is C45H26O. The summed E-state index contributed by atoms with van der Waals surface area (Å²) in [7, 11) is 0. The van der Waals surface area contributed by atoms with Crippen LogP contribution in [0.25, 0.3) is 44.2 Å². The van der Waals surface area contributed by atoms with Crippen molar-refractivity contribution in [2.45, 2.75) is 36.5 Å². The van der Waals surface area contributed by atoms with Gasteiger partial charge in [0.05, 0.1) is 11.8 Å². The first-order valence-electron chi connectivity index (χ1n) is 16.8. The molecule has 4 atom stereocenters. The number of rotatable bonds is 0. The van der Waals surface area contributed by atoms with Crippen LogP contribution in [-0.4, -0.2) is 5.78 Å². The Labute approximate surface area is 266 Å². The van der Waals surface area contributed by atoms with Crippen molar-refractivity contribution in [2.75, 3.05) is 0 Å². The molecule has 0 N–H and O–H groups in total. The fraction of sp³-hybridized carbons (Fsp3) is 0.133. The van der Waals surface area contributed by atoms with Crippen LogP contribution < -0.4 is 0 Å². The predicted molar refractivity (Wildman–Crippen MR) is 183 cm³/mol. The van der Waals surface area contributed by atoms with Gasteiger partial charge in [0.2, 0.25) is 0 Å². The van der Waals surface area contributed by atoms with E-state index in [9.17, 15) is 0 Å². The second kappa shape index (κ2) is 7.40. The van der Waals surface area contributed by atoms with Crippen LogP contribution in [0.15, 0.2) is 120 Å². The molecule has 0 saturated carbocycles. The number of carbonyl (C=O) groups excluding carboxylic acids is 1. The molecular weight excluding hydrogens is 556 g/mol. The van der Waals surface area contributed by atoms with E-state index < -0.39 is 0 Å². The summed E-state index contributed by atoms with van der Waals surface area (Å²) in [5, 5.41) is 2.71. The van der Waals surface area contributed by atoms with Gasteiger partial charge in [-0.2, -0.15) is 0 Å². The zero-order valence-electron chi connectivity index (χ0n) is 25.0. The number of allylic oxidation sites excluding steroid dienone is 4. The minimum atomic E-state index is -0.196. The third kappa shape index (κ3) is 2.30. The van der Waals surface area contributed by atoms with Gasteiger partial charge in [-0.05, 0) is 136 Å². The van der Waals surface area contributed by atoms with E-state index in [-0.39, 0.29) is 23.7 Å². The van der Waals surface area contributed by atoms with Gasteiger partial charge in [0.25, 0.3) is 0 Å². The molecule has 1 nitrogen and oxygen atoms in total. The highest BCUT2D eigenvalue weighted by Crippen LogP contribution is 2.69. The number of fused-ring (bicyclic) bond motifs is 14. The average molecular weight is 583 g/mol. The van der Waals surface area contributed by atoms with Crippen molar-refractivity contribution in [3.63, 3.8) is 0 Å². The minimum Gasteiger partial charge on any atom is -0.298 e. The van der Waals surface area contributed by atoms with E-state index in [1.165, 1.54) is 111 Å². The SMILES string of the molecule is O=C1C2C3=C(c4ccccc4C3)C3c4ccccc4-c4cc5cc6c7c(c5c2c43)C1C1=C(c2ccccc2C1)C7c1ccccc1-6. The Morgan fingerprint density at radius 3 is 1.37 bits per heavy atom. The topological polar surface area (TPSA) is 17.1 Å². The van der Waals surface area contributed by atoms with Crippen molar-refractivity contribution < 1.29 is 4.79 Å². The van der Waals surface area contributed by atoms with Gasteiger partial charge in [0.15, 0.2) is 5.78 Å². The zero-order valence-corrected chi connectivity index (χ0v) is 25.0. The summed E-state index contributed by atoms with van der Waals surface area (Å²) in [5.41, 5.74) is 24.7. The quantitative estimate of drug-likeness (QED) is 0.174. The minimum absolute atomic E-state index is 0.187. The summed E-state index contributed by atoms with van der Waals surface area (Å²) >= 11 is 0. The molecule has 4 unspecified atom stereocenters. The highest BCUT2D eigenvalue weighted by molar-refractivity contribution is 6.18. The largest absolute Gasteiger partial charge is 0.298 e. The molecule has 0 amide bonds. The Balaban J connectivity index is 1.23. The molecule has 13 rings (SSSR count).